The molecular weight excluding hydrogens is 434 g/mol. The zero-order valence-corrected chi connectivity index (χ0v) is 18.3. The fourth-order valence-corrected chi connectivity index (χ4v) is 4.00. The van der Waals surface area contributed by atoms with Crippen LogP contribution >= 0.6 is 12.6 Å². The Labute approximate surface area is 190 Å². The van der Waals surface area contributed by atoms with Crippen molar-refractivity contribution in [3.8, 4) is 0 Å². The molecule has 0 spiro atoms. The molecule has 0 aliphatic carbocycles. The molecule has 3 unspecified atom stereocenters. The number of nitrogens with two attached hydrogens (primary N) is 1. The molecule has 3 amide bonds. The quantitative estimate of drug-likeness (QED) is 0.280. The molecule has 3 rings (SSSR count). The Morgan fingerprint density at radius 3 is 2.75 bits per heavy atom. The van der Waals surface area contributed by atoms with Crippen LogP contribution in [0.1, 0.15) is 18.4 Å². The fourth-order valence-electron chi connectivity index (χ4n) is 3.83. The van der Waals surface area contributed by atoms with Crippen molar-refractivity contribution in [3.05, 3.63) is 36.0 Å². The van der Waals surface area contributed by atoms with Gasteiger partial charge in [-0.05, 0) is 24.5 Å². The number of carbonyl (C=O) groups is 4. The maximum absolute atomic E-state index is 13.3. The van der Waals surface area contributed by atoms with E-state index in [2.05, 4.69) is 28.2 Å². The largest absolute Gasteiger partial charge is 0.480 e. The van der Waals surface area contributed by atoms with Gasteiger partial charge in [-0.25, -0.2) is 4.79 Å². The fraction of sp³-hybridized carbons (Fsp3) is 0.429. The van der Waals surface area contributed by atoms with E-state index in [0.29, 0.717) is 19.4 Å². The zero-order chi connectivity index (χ0) is 23.3. The van der Waals surface area contributed by atoms with Gasteiger partial charge in [0.25, 0.3) is 0 Å². The van der Waals surface area contributed by atoms with E-state index in [9.17, 15) is 24.3 Å². The van der Waals surface area contributed by atoms with Crippen LogP contribution in [-0.2, 0) is 25.6 Å². The normalized spacial score (nSPS) is 17.7. The lowest BCUT2D eigenvalue weighted by Gasteiger charge is -2.27. The summed E-state index contributed by atoms with van der Waals surface area (Å²) in [6.07, 6.45) is 2.88. The zero-order valence-electron chi connectivity index (χ0n) is 17.4. The number of aromatic amines is 1. The molecule has 3 atom stereocenters. The lowest BCUT2D eigenvalue weighted by molar-refractivity contribution is -0.149. The molecule has 0 bridgehead atoms. The van der Waals surface area contributed by atoms with Gasteiger partial charge in [-0.1, -0.05) is 18.2 Å². The Bertz CT molecular complexity index is 1010. The van der Waals surface area contributed by atoms with Gasteiger partial charge < -0.3 is 31.4 Å². The van der Waals surface area contributed by atoms with Gasteiger partial charge in [0, 0.05) is 35.8 Å². The SMILES string of the molecule is NC(CS)C(=O)NCC(=O)NC(Cc1c[nH]c2ccccc12)C(=O)N1CCCC1C(=O)O. The number of amides is 3. The Hall–Kier alpha value is -3.05. The molecule has 2 aromatic rings. The van der Waals surface area contributed by atoms with Crippen molar-refractivity contribution >= 4 is 47.2 Å². The summed E-state index contributed by atoms with van der Waals surface area (Å²) >= 11 is 3.95. The predicted molar refractivity (Wildman–Crippen MR) is 121 cm³/mol. The van der Waals surface area contributed by atoms with E-state index in [1.807, 2.05) is 24.3 Å². The van der Waals surface area contributed by atoms with Crippen molar-refractivity contribution in [1.29, 1.82) is 0 Å². The third kappa shape index (κ3) is 5.40. The molecule has 1 fully saturated rings. The number of aliphatic carboxylic acids is 1. The molecule has 0 radical (unpaired) electrons. The van der Waals surface area contributed by atoms with Crippen molar-refractivity contribution < 1.29 is 24.3 Å². The standard InChI is InChI=1S/C21H27N5O5S/c22-14(11-32)19(28)24-10-18(27)25-16(20(29)26-7-3-6-17(26)21(30)31)8-12-9-23-15-5-2-1-4-13(12)15/h1-2,4-5,9,14,16-17,23,32H,3,6-8,10-11,22H2,(H,24,28)(H,25,27)(H,30,31). The molecular formula is C21H27N5O5S. The Kier molecular flexibility index (Phi) is 7.75. The minimum absolute atomic E-state index is 0.126. The van der Waals surface area contributed by atoms with Crippen LogP contribution in [0.25, 0.3) is 10.9 Å². The van der Waals surface area contributed by atoms with E-state index in [1.165, 1.54) is 4.90 Å². The van der Waals surface area contributed by atoms with Crippen molar-refractivity contribution in [2.24, 2.45) is 5.73 Å². The van der Waals surface area contributed by atoms with E-state index in [0.717, 1.165) is 16.5 Å². The number of nitrogens with one attached hydrogen (secondary N) is 3. The lowest BCUT2D eigenvalue weighted by atomic mass is 10.0. The number of likely N-dealkylation sites (tertiary alicyclic amines) is 1. The molecule has 1 aliphatic heterocycles. The molecule has 1 aliphatic rings. The Morgan fingerprint density at radius 1 is 1.28 bits per heavy atom. The number of carboxylic acids is 1. The molecule has 1 aromatic carbocycles. The van der Waals surface area contributed by atoms with Gasteiger partial charge in [0.1, 0.15) is 12.1 Å². The van der Waals surface area contributed by atoms with Crippen LogP contribution in [0.15, 0.2) is 30.5 Å². The van der Waals surface area contributed by atoms with Gasteiger partial charge in [0.05, 0.1) is 12.6 Å². The average Bonchev–Trinajstić information content (AvgIpc) is 3.43. The van der Waals surface area contributed by atoms with E-state index >= 15 is 0 Å². The van der Waals surface area contributed by atoms with Crippen LogP contribution in [0.4, 0.5) is 0 Å². The molecule has 1 saturated heterocycles. The van der Waals surface area contributed by atoms with Gasteiger partial charge in [0.2, 0.25) is 17.7 Å². The number of carbonyl (C=O) groups excluding carboxylic acids is 3. The summed E-state index contributed by atoms with van der Waals surface area (Å²) in [6, 6.07) is 4.80. The highest BCUT2D eigenvalue weighted by Crippen LogP contribution is 2.22. The number of nitrogens with zero attached hydrogens (tertiary/aromatic N) is 1. The van der Waals surface area contributed by atoms with Crippen LogP contribution < -0.4 is 16.4 Å². The predicted octanol–water partition coefficient (Wildman–Crippen LogP) is -0.356. The lowest BCUT2D eigenvalue weighted by Crippen LogP contribution is -2.54. The highest BCUT2D eigenvalue weighted by molar-refractivity contribution is 7.80. The Balaban J connectivity index is 1.77. The Morgan fingerprint density at radius 2 is 2.03 bits per heavy atom. The summed E-state index contributed by atoms with van der Waals surface area (Å²) in [5.41, 5.74) is 7.28. The second kappa shape index (κ2) is 10.5. The number of thiol groups is 1. The van der Waals surface area contributed by atoms with E-state index in [4.69, 9.17) is 5.73 Å². The van der Waals surface area contributed by atoms with Gasteiger partial charge in [-0.3, -0.25) is 14.4 Å². The summed E-state index contributed by atoms with van der Waals surface area (Å²) in [5.74, 6) is -2.51. The minimum Gasteiger partial charge on any atom is -0.480 e. The first-order chi connectivity index (χ1) is 15.3. The topological polar surface area (TPSA) is 158 Å². The highest BCUT2D eigenvalue weighted by Gasteiger charge is 2.37. The average molecular weight is 462 g/mol. The maximum atomic E-state index is 13.3. The summed E-state index contributed by atoms with van der Waals surface area (Å²) in [5, 5.41) is 15.4. The van der Waals surface area contributed by atoms with Crippen molar-refractivity contribution in [3.63, 3.8) is 0 Å². The number of carboxylic acid groups (broad SMARTS) is 1. The number of H-pyrrole nitrogens is 1. The molecule has 172 valence electrons. The molecule has 11 heteroatoms. The second-order valence-electron chi connectivity index (χ2n) is 7.72. The second-order valence-corrected chi connectivity index (χ2v) is 8.08. The number of benzene rings is 1. The van der Waals surface area contributed by atoms with Gasteiger partial charge in [0.15, 0.2) is 0 Å². The van der Waals surface area contributed by atoms with Crippen molar-refractivity contribution in [1.82, 2.24) is 20.5 Å². The molecule has 0 saturated carbocycles. The smallest absolute Gasteiger partial charge is 0.326 e. The van der Waals surface area contributed by atoms with Crippen LogP contribution in [0, 0.1) is 0 Å². The van der Waals surface area contributed by atoms with E-state index in [1.54, 1.807) is 6.20 Å². The third-order valence-corrected chi connectivity index (χ3v) is 5.90. The highest BCUT2D eigenvalue weighted by atomic mass is 32.1. The first-order valence-electron chi connectivity index (χ1n) is 10.3. The van der Waals surface area contributed by atoms with Gasteiger partial charge in [-0.15, -0.1) is 0 Å². The maximum Gasteiger partial charge on any atom is 0.326 e. The summed E-state index contributed by atoms with van der Waals surface area (Å²) in [6.45, 7) is -0.0517. The number of aromatic nitrogens is 1. The number of rotatable bonds is 9. The third-order valence-electron chi connectivity index (χ3n) is 5.51. The molecule has 32 heavy (non-hydrogen) atoms. The molecule has 2 heterocycles. The summed E-state index contributed by atoms with van der Waals surface area (Å²) in [4.78, 5) is 53.6. The van der Waals surface area contributed by atoms with Gasteiger partial charge in [-0.2, -0.15) is 12.6 Å². The molecule has 10 nitrogen and oxygen atoms in total. The van der Waals surface area contributed by atoms with E-state index in [-0.39, 0.29) is 18.7 Å². The van der Waals surface area contributed by atoms with Crippen LogP contribution in [-0.4, -0.2) is 75.6 Å². The molecule has 6 N–H and O–H groups in total. The van der Waals surface area contributed by atoms with Crippen molar-refractivity contribution in [2.45, 2.75) is 37.4 Å². The molecule has 1 aromatic heterocycles. The van der Waals surface area contributed by atoms with Gasteiger partial charge >= 0.3 is 5.97 Å². The summed E-state index contributed by atoms with van der Waals surface area (Å²) in [7, 11) is 0. The first kappa shape index (κ1) is 23.6. The van der Waals surface area contributed by atoms with Crippen molar-refractivity contribution in [2.75, 3.05) is 18.8 Å². The van der Waals surface area contributed by atoms with Crippen LogP contribution in [0.5, 0.6) is 0 Å². The number of para-hydroxylation sites is 1. The van der Waals surface area contributed by atoms with Crippen LogP contribution in [0.2, 0.25) is 0 Å². The van der Waals surface area contributed by atoms with Crippen LogP contribution in [0.3, 0.4) is 0 Å². The number of hydrogen-bond acceptors (Lipinski definition) is 6. The van der Waals surface area contributed by atoms with E-state index < -0.39 is 41.8 Å². The monoisotopic (exact) mass is 461 g/mol. The summed E-state index contributed by atoms with van der Waals surface area (Å²) < 4.78 is 0. The first-order valence-corrected chi connectivity index (χ1v) is 11.0. The minimum atomic E-state index is -1.07. The number of fused-ring (bicyclic) bond motifs is 1. The number of hydrogen-bond donors (Lipinski definition) is 6.